The normalized spacial score (nSPS) is 10.7. The summed E-state index contributed by atoms with van der Waals surface area (Å²) in [4.78, 5) is 13.7. The third-order valence-electron chi connectivity index (χ3n) is 2.81. The Morgan fingerprint density at radius 3 is 2.58 bits per heavy atom. The Kier molecular flexibility index (Phi) is 7.86. The van der Waals surface area contributed by atoms with Gasteiger partial charge in [0.05, 0.1) is 0 Å². The van der Waals surface area contributed by atoms with Crippen molar-refractivity contribution >= 4 is 5.91 Å². The van der Waals surface area contributed by atoms with Gasteiger partial charge in [0.1, 0.15) is 0 Å². The van der Waals surface area contributed by atoms with Gasteiger partial charge in [-0.3, -0.25) is 4.79 Å². The smallest absolute Gasteiger partial charge is 0.221 e. The molecule has 19 heavy (non-hydrogen) atoms. The van der Waals surface area contributed by atoms with Gasteiger partial charge in [-0.25, -0.2) is 0 Å². The first kappa shape index (κ1) is 15.7. The maximum absolute atomic E-state index is 11.5. The van der Waals surface area contributed by atoms with Crippen LogP contribution in [-0.4, -0.2) is 44.5 Å². The zero-order valence-corrected chi connectivity index (χ0v) is 12.0. The average Bonchev–Trinajstić information content (AvgIpc) is 2.41. The number of benzene rings is 1. The number of rotatable bonds is 9. The monoisotopic (exact) mass is 263 g/mol. The first-order valence-corrected chi connectivity index (χ1v) is 6.84. The van der Waals surface area contributed by atoms with Gasteiger partial charge < -0.3 is 15.5 Å². The molecule has 2 N–H and O–H groups in total. The van der Waals surface area contributed by atoms with Crippen LogP contribution in [0.5, 0.6) is 0 Å². The van der Waals surface area contributed by atoms with Crippen molar-refractivity contribution in [1.29, 1.82) is 0 Å². The summed E-state index contributed by atoms with van der Waals surface area (Å²) in [5.41, 5.74) is 1.24. The third kappa shape index (κ3) is 8.35. The Bertz CT molecular complexity index is 352. The van der Waals surface area contributed by atoms with E-state index in [0.29, 0.717) is 13.0 Å². The van der Waals surface area contributed by atoms with E-state index < -0.39 is 0 Å². The molecule has 0 heterocycles. The first-order chi connectivity index (χ1) is 9.18. The molecule has 4 heteroatoms. The van der Waals surface area contributed by atoms with E-state index in [2.05, 4.69) is 27.7 Å². The van der Waals surface area contributed by atoms with Gasteiger partial charge in [0.15, 0.2) is 0 Å². The van der Waals surface area contributed by atoms with Gasteiger partial charge in [0, 0.05) is 26.1 Å². The Hall–Kier alpha value is -1.39. The third-order valence-corrected chi connectivity index (χ3v) is 2.81. The maximum atomic E-state index is 11.5. The molecule has 0 aliphatic rings. The van der Waals surface area contributed by atoms with Crippen LogP contribution >= 0.6 is 0 Å². The minimum Gasteiger partial charge on any atom is -0.356 e. The lowest BCUT2D eigenvalue weighted by atomic mass is 10.2. The summed E-state index contributed by atoms with van der Waals surface area (Å²) in [5.74, 6) is 0.124. The molecule has 4 nitrogen and oxygen atoms in total. The van der Waals surface area contributed by atoms with Crippen LogP contribution in [0.15, 0.2) is 30.3 Å². The summed E-state index contributed by atoms with van der Waals surface area (Å²) in [6.45, 7) is 3.30. The summed E-state index contributed by atoms with van der Waals surface area (Å²) >= 11 is 0. The maximum Gasteiger partial charge on any atom is 0.221 e. The highest BCUT2D eigenvalue weighted by Crippen LogP contribution is 1.96. The van der Waals surface area contributed by atoms with Crippen LogP contribution in [0, 0.1) is 0 Å². The van der Waals surface area contributed by atoms with Crippen LogP contribution in [-0.2, 0) is 11.3 Å². The van der Waals surface area contributed by atoms with Gasteiger partial charge in [-0.15, -0.1) is 0 Å². The Morgan fingerprint density at radius 1 is 1.16 bits per heavy atom. The van der Waals surface area contributed by atoms with E-state index in [4.69, 9.17) is 0 Å². The fourth-order valence-corrected chi connectivity index (χ4v) is 1.74. The number of carbonyl (C=O) groups is 1. The molecule has 0 aliphatic heterocycles. The van der Waals surface area contributed by atoms with E-state index in [-0.39, 0.29) is 5.91 Å². The Labute approximate surface area is 116 Å². The lowest BCUT2D eigenvalue weighted by Crippen LogP contribution is -2.29. The summed E-state index contributed by atoms with van der Waals surface area (Å²) in [6, 6.07) is 10.2. The van der Waals surface area contributed by atoms with E-state index in [1.165, 1.54) is 5.56 Å². The molecule has 0 spiro atoms. The molecule has 1 aromatic rings. The zero-order valence-electron chi connectivity index (χ0n) is 12.0. The van der Waals surface area contributed by atoms with Crippen molar-refractivity contribution in [3.63, 3.8) is 0 Å². The van der Waals surface area contributed by atoms with Gasteiger partial charge in [0.25, 0.3) is 0 Å². The lowest BCUT2D eigenvalue weighted by Gasteiger charge is -2.10. The molecule has 0 fully saturated rings. The van der Waals surface area contributed by atoms with Gasteiger partial charge in [-0.05, 0) is 32.6 Å². The SMILES string of the molecule is CN(C)CCCNC(=O)CCNCc1ccccc1. The molecule has 0 saturated heterocycles. The Balaban J connectivity index is 1.98. The lowest BCUT2D eigenvalue weighted by molar-refractivity contribution is -0.121. The summed E-state index contributed by atoms with van der Waals surface area (Å²) in [5, 5.41) is 6.20. The van der Waals surface area contributed by atoms with Crippen molar-refractivity contribution in [2.75, 3.05) is 33.7 Å². The van der Waals surface area contributed by atoms with Crippen molar-refractivity contribution in [3.8, 4) is 0 Å². The molecule has 0 saturated carbocycles. The van der Waals surface area contributed by atoms with Crippen molar-refractivity contribution < 1.29 is 4.79 Å². The fourth-order valence-electron chi connectivity index (χ4n) is 1.74. The van der Waals surface area contributed by atoms with Crippen LogP contribution in [0.1, 0.15) is 18.4 Å². The van der Waals surface area contributed by atoms with Crippen molar-refractivity contribution in [1.82, 2.24) is 15.5 Å². The molecule has 1 amide bonds. The molecule has 0 radical (unpaired) electrons. The van der Waals surface area contributed by atoms with E-state index in [0.717, 1.165) is 26.1 Å². The topological polar surface area (TPSA) is 44.4 Å². The standard InChI is InChI=1S/C15H25N3O/c1-18(2)12-6-10-17-15(19)9-11-16-13-14-7-4-3-5-8-14/h3-5,7-8,16H,6,9-13H2,1-2H3,(H,17,19). The van der Waals surface area contributed by atoms with E-state index in [1.807, 2.05) is 32.3 Å². The number of carbonyl (C=O) groups excluding carboxylic acids is 1. The van der Waals surface area contributed by atoms with Crippen LogP contribution in [0.3, 0.4) is 0 Å². The van der Waals surface area contributed by atoms with Gasteiger partial charge >= 0.3 is 0 Å². The van der Waals surface area contributed by atoms with Crippen LogP contribution < -0.4 is 10.6 Å². The molecule has 0 atom stereocenters. The minimum absolute atomic E-state index is 0.124. The van der Waals surface area contributed by atoms with Gasteiger partial charge in [-0.2, -0.15) is 0 Å². The van der Waals surface area contributed by atoms with E-state index >= 15 is 0 Å². The number of nitrogens with zero attached hydrogens (tertiary/aromatic N) is 1. The summed E-state index contributed by atoms with van der Waals surface area (Å²) in [6.07, 6.45) is 1.53. The van der Waals surface area contributed by atoms with Crippen LogP contribution in [0.4, 0.5) is 0 Å². The number of hydrogen-bond acceptors (Lipinski definition) is 3. The van der Waals surface area contributed by atoms with E-state index in [1.54, 1.807) is 0 Å². The van der Waals surface area contributed by atoms with Crippen molar-refractivity contribution in [2.24, 2.45) is 0 Å². The van der Waals surface area contributed by atoms with Gasteiger partial charge in [0.2, 0.25) is 5.91 Å². The fraction of sp³-hybridized carbons (Fsp3) is 0.533. The number of nitrogens with one attached hydrogen (secondary N) is 2. The van der Waals surface area contributed by atoms with E-state index in [9.17, 15) is 4.79 Å². The first-order valence-electron chi connectivity index (χ1n) is 6.84. The van der Waals surface area contributed by atoms with Crippen LogP contribution in [0.25, 0.3) is 0 Å². The second kappa shape index (κ2) is 9.53. The highest BCUT2D eigenvalue weighted by atomic mass is 16.1. The largest absolute Gasteiger partial charge is 0.356 e. The molecule has 0 unspecified atom stereocenters. The zero-order chi connectivity index (χ0) is 13.9. The second-order valence-electron chi connectivity index (χ2n) is 4.92. The Morgan fingerprint density at radius 2 is 1.89 bits per heavy atom. The molecular formula is C15H25N3O. The molecule has 1 rings (SSSR count). The minimum atomic E-state index is 0.124. The van der Waals surface area contributed by atoms with Gasteiger partial charge in [-0.1, -0.05) is 30.3 Å². The molecular weight excluding hydrogens is 238 g/mol. The molecule has 106 valence electrons. The molecule has 1 aromatic carbocycles. The predicted octanol–water partition coefficient (Wildman–Crippen LogP) is 1.23. The van der Waals surface area contributed by atoms with Crippen LogP contribution in [0.2, 0.25) is 0 Å². The highest BCUT2D eigenvalue weighted by Gasteiger charge is 2.00. The average molecular weight is 263 g/mol. The molecule has 0 bridgehead atoms. The molecule has 0 aliphatic carbocycles. The summed E-state index contributed by atoms with van der Waals surface area (Å²) in [7, 11) is 4.07. The predicted molar refractivity (Wildman–Crippen MR) is 78.9 cm³/mol. The van der Waals surface area contributed by atoms with Crippen molar-refractivity contribution in [3.05, 3.63) is 35.9 Å². The second-order valence-corrected chi connectivity index (χ2v) is 4.92. The number of amides is 1. The quantitative estimate of drug-likeness (QED) is 0.659. The highest BCUT2D eigenvalue weighted by molar-refractivity contribution is 5.75. The van der Waals surface area contributed by atoms with Crippen molar-refractivity contribution in [2.45, 2.75) is 19.4 Å². The summed E-state index contributed by atoms with van der Waals surface area (Å²) < 4.78 is 0. The number of hydrogen-bond donors (Lipinski definition) is 2. The molecule has 0 aromatic heterocycles.